The molecule has 4 heteroatoms. The average molecular weight is 335 g/mol. The zero-order chi connectivity index (χ0) is 17.3. The quantitative estimate of drug-likeness (QED) is 0.868. The molecule has 5 rings (SSSR count). The largest absolute Gasteiger partial charge is 0.348 e. The smallest absolute Gasteiger partial charge is 0.223 e. The summed E-state index contributed by atoms with van der Waals surface area (Å²) in [4.78, 5) is 22.7. The lowest BCUT2D eigenvalue weighted by Gasteiger charge is -2.45. The number of carbonyl (C=O) groups excluding carboxylic acids is 1. The molecule has 1 amide bonds. The monoisotopic (exact) mass is 335 g/mol. The van der Waals surface area contributed by atoms with Crippen molar-refractivity contribution in [1.82, 2.24) is 14.9 Å². The van der Waals surface area contributed by atoms with Crippen LogP contribution in [0.3, 0.4) is 0 Å². The molecule has 2 aromatic rings. The lowest BCUT2D eigenvalue weighted by atomic mass is 9.73. The fraction of sp³-hybridized carbons (Fsp3) is 0.524. The van der Waals surface area contributed by atoms with Gasteiger partial charge in [0.2, 0.25) is 5.91 Å². The number of fused-ring (bicyclic) bond motifs is 1. The van der Waals surface area contributed by atoms with Crippen LogP contribution < -0.4 is 0 Å². The van der Waals surface area contributed by atoms with Gasteiger partial charge in [-0.2, -0.15) is 0 Å². The molecule has 1 saturated carbocycles. The van der Waals surface area contributed by atoms with Gasteiger partial charge in [-0.3, -0.25) is 4.79 Å². The van der Waals surface area contributed by atoms with Crippen LogP contribution in [-0.4, -0.2) is 27.3 Å². The summed E-state index contributed by atoms with van der Waals surface area (Å²) in [5, 5.41) is 0. The number of aromatic nitrogens is 2. The number of carbonyl (C=O) groups is 1. The van der Waals surface area contributed by atoms with Crippen LogP contribution in [0.25, 0.3) is 0 Å². The zero-order valence-corrected chi connectivity index (χ0v) is 15.2. The van der Waals surface area contributed by atoms with Gasteiger partial charge >= 0.3 is 0 Å². The van der Waals surface area contributed by atoms with Crippen molar-refractivity contribution in [3.05, 3.63) is 52.6 Å². The second-order valence-corrected chi connectivity index (χ2v) is 8.34. The van der Waals surface area contributed by atoms with E-state index >= 15 is 0 Å². The molecule has 3 heterocycles. The van der Waals surface area contributed by atoms with Crippen LogP contribution in [0.1, 0.15) is 53.6 Å². The Bertz CT molecular complexity index is 856. The molecular weight excluding hydrogens is 310 g/mol. The van der Waals surface area contributed by atoms with Crippen molar-refractivity contribution in [2.45, 2.75) is 51.5 Å². The Hall–Kier alpha value is -2.10. The molecule has 4 atom stereocenters. The van der Waals surface area contributed by atoms with Crippen molar-refractivity contribution in [2.75, 3.05) is 6.54 Å². The van der Waals surface area contributed by atoms with E-state index in [1.54, 1.807) is 6.33 Å². The maximum atomic E-state index is 12.9. The minimum atomic E-state index is -0.113. The summed E-state index contributed by atoms with van der Waals surface area (Å²) < 4.78 is 0. The summed E-state index contributed by atoms with van der Waals surface area (Å²) in [6.45, 7) is 7.60. The summed E-state index contributed by atoms with van der Waals surface area (Å²) in [7, 11) is 0. The van der Waals surface area contributed by atoms with Gasteiger partial charge in [-0.15, -0.1) is 0 Å². The van der Waals surface area contributed by atoms with E-state index in [2.05, 4.69) is 47.8 Å². The number of rotatable bonds is 1. The molecule has 130 valence electrons. The van der Waals surface area contributed by atoms with Crippen molar-refractivity contribution in [1.29, 1.82) is 0 Å². The zero-order valence-electron chi connectivity index (χ0n) is 15.2. The van der Waals surface area contributed by atoms with Gasteiger partial charge in [0.1, 0.15) is 0 Å². The third-order valence-corrected chi connectivity index (χ3v) is 7.14. The lowest BCUT2D eigenvalue weighted by Crippen LogP contribution is -2.49. The number of hydrogen-bond acceptors (Lipinski definition) is 2. The second-order valence-electron chi connectivity index (χ2n) is 8.34. The number of imidazole rings is 1. The molecule has 0 radical (unpaired) electrons. The van der Waals surface area contributed by atoms with Crippen LogP contribution >= 0.6 is 0 Å². The molecule has 1 saturated heterocycles. The number of nitrogens with one attached hydrogen (secondary N) is 1. The van der Waals surface area contributed by atoms with E-state index in [9.17, 15) is 4.79 Å². The molecule has 2 aliphatic heterocycles. The predicted molar refractivity (Wildman–Crippen MR) is 96.2 cm³/mol. The fourth-order valence-corrected chi connectivity index (χ4v) is 6.06. The molecular formula is C21H25N3O. The van der Waals surface area contributed by atoms with Gasteiger partial charge < -0.3 is 9.88 Å². The van der Waals surface area contributed by atoms with Gasteiger partial charge in [-0.05, 0) is 54.9 Å². The number of nitrogens with zero attached hydrogens (tertiary/aromatic N) is 2. The Labute approximate surface area is 148 Å². The highest BCUT2D eigenvalue weighted by Crippen LogP contribution is 2.63. The summed E-state index contributed by atoms with van der Waals surface area (Å²) in [6.07, 6.45) is 6.43. The van der Waals surface area contributed by atoms with Gasteiger partial charge in [0, 0.05) is 36.7 Å². The molecule has 0 unspecified atom stereocenters. The Kier molecular flexibility index (Phi) is 3.01. The predicted octanol–water partition coefficient (Wildman–Crippen LogP) is 3.45. The molecule has 1 spiro atoms. The van der Waals surface area contributed by atoms with Crippen LogP contribution in [-0.2, 0) is 16.8 Å². The summed E-state index contributed by atoms with van der Waals surface area (Å²) in [5.74, 6) is 1.60. The average Bonchev–Trinajstić information content (AvgIpc) is 3.23. The second kappa shape index (κ2) is 4.96. The topological polar surface area (TPSA) is 49.0 Å². The first kappa shape index (κ1) is 15.2. The molecule has 2 fully saturated rings. The van der Waals surface area contributed by atoms with Crippen molar-refractivity contribution in [3.8, 4) is 0 Å². The number of H-pyrrole nitrogens is 1. The molecule has 4 nitrogen and oxygen atoms in total. The highest BCUT2D eigenvalue weighted by molar-refractivity contribution is 5.82. The van der Waals surface area contributed by atoms with Gasteiger partial charge in [0.25, 0.3) is 0 Å². The van der Waals surface area contributed by atoms with E-state index < -0.39 is 0 Å². The number of aryl methyl sites for hydroxylation is 2. The van der Waals surface area contributed by atoms with E-state index in [0.717, 1.165) is 19.4 Å². The summed E-state index contributed by atoms with van der Waals surface area (Å²) in [6, 6.07) is 4.75. The Balaban J connectivity index is 1.72. The third-order valence-electron chi connectivity index (χ3n) is 7.14. The molecule has 1 aromatic heterocycles. The first-order chi connectivity index (χ1) is 12.0. The minimum absolute atomic E-state index is 0.113. The first-order valence-corrected chi connectivity index (χ1v) is 9.41. The Morgan fingerprint density at radius 1 is 1.28 bits per heavy atom. The van der Waals surface area contributed by atoms with Crippen LogP contribution in [0, 0.1) is 25.7 Å². The molecule has 0 bridgehead atoms. The highest BCUT2D eigenvalue weighted by Gasteiger charge is 2.63. The normalized spacial score (nSPS) is 33.3. The molecule has 1 N–H and O–H groups in total. The maximum absolute atomic E-state index is 12.9. The molecule has 25 heavy (non-hydrogen) atoms. The van der Waals surface area contributed by atoms with Crippen molar-refractivity contribution >= 4 is 5.91 Å². The third kappa shape index (κ3) is 1.83. The summed E-state index contributed by atoms with van der Waals surface area (Å²) in [5.41, 5.74) is 6.66. The van der Waals surface area contributed by atoms with Crippen LogP contribution in [0.4, 0.5) is 0 Å². The number of hydrogen-bond donors (Lipinski definition) is 1. The van der Waals surface area contributed by atoms with Gasteiger partial charge in [0.05, 0.1) is 11.9 Å². The van der Waals surface area contributed by atoms with Crippen molar-refractivity contribution in [3.63, 3.8) is 0 Å². The molecule has 1 aliphatic carbocycles. The van der Waals surface area contributed by atoms with Gasteiger partial charge in [-0.1, -0.05) is 19.1 Å². The fourth-order valence-electron chi connectivity index (χ4n) is 6.06. The standard InChI is InChI=1S/C21H25N3O/c1-12-6-15-4-5-24-19(25)8-17-20(18-10-22-11-23-18)14(3)9-21(17,24)16(15)7-13(12)2/h6-7,10-11,14,17,20H,4-5,8-9H2,1-3H3,(H,22,23)/t14-,17-,20+,21-/m0/s1. The lowest BCUT2D eigenvalue weighted by molar-refractivity contribution is -0.132. The minimum Gasteiger partial charge on any atom is -0.348 e. The van der Waals surface area contributed by atoms with Crippen LogP contribution in [0.5, 0.6) is 0 Å². The number of benzene rings is 1. The summed E-state index contributed by atoms with van der Waals surface area (Å²) >= 11 is 0. The van der Waals surface area contributed by atoms with Gasteiger partial charge in [-0.25, -0.2) is 4.98 Å². The highest BCUT2D eigenvalue weighted by atomic mass is 16.2. The Morgan fingerprint density at radius 2 is 2.08 bits per heavy atom. The van der Waals surface area contributed by atoms with E-state index in [0.29, 0.717) is 30.1 Å². The number of amides is 1. The molecule has 1 aromatic carbocycles. The number of aromatic amines is 1. The van der Waals surface area contributed by atoms with Crippen molar-refractivity contribution in [2.24, 2.45) is 11.8 Å². The van der Waals surface area contributed by atoms with E-state index in [1.165, 1.54) is 27.9 Å². The Morgan fingerprint density at radius 3 is 2.84 bits per heavy atom. The van der Waals surface area contributed by atoms with E-state index in [-0.39, 0.29) is 5.54 Å². The first-order valence-electron chi connectivity index (χ1n) is 9.41. The van der Waals surface area contributed by atoms with E-state index in [4.69, 9.17) is 0 Å². The SMILES string of the molecule is Cc1cc2c(cc1C)[C@@]13C[C@H](C)[C@@H](c4cnc[nH]4)[C@@H]1CC(=O)N3CC2. The maximum Gasteiger partial charge on any atom is 0.223 e. The van der Waals surface area contributed by atoms with E-state index in [1.807, 2.05) is 6.20 Å². The van der Waals surface area contributed by atoms with Crippen LogP contribution in [0.15, 0.2) is 24.7 Å². The van der Waals surface area contributed by atoms with Crippen molar-refractivity contribution < 1.29 is 4.79 Å². The van der Waals surface area contributed by atoms with Gasteiger partial charge in [0.15, 0.2) is 0 Å². The van der Waals surface area contributed by atoms with Crippen LogP contribution in [0.2, 0.25) is 0 Å². The molecule has 3 aliphatic rings.